The van der Waals surface area contributed by atoms with Crippen molar-refractivity contribution >= 4 is 35.5 Å². The lowest BCUT2D eigenvalue weighted by Gasteiger charge is -2.23. The highest BCUT2D eigenvalue weighted by atomic mass is 16.5. The van der Waals surface area contributed by atoms with E-state index in [1.807, 2.05) is 62.8 Å². The van der Waals surface area contributed by atoms with Gasteiger partial charge in [-0.05, 0) is 75.6 Å². The average molecular weight is 975 g/mol. The molecule has 8 heterocycles. The van der Waals surface area contributed by atoms with Crippen LogP contribution in [-0.2, 0) is 39.3 Å². The van der Waals surface area contributed by atoms with Gasteiger partial charge in [-0.1, -0.05) is 37.3 Å². The summed E-state index contributed by atoms with van der Waals surface area (Å²) in [7, 11) is 1.84. The van der Waals surface area contributed by atoms with Gasteiger partial charge in [0.25, 0.3) is 5.91 Å². The van der Waals surface area contributed by atoms with Gasteiger partial charge in [0.1, 0.15) is 40.2 Å². The van der Waals surface area contributed by atoms with Crippen molar-refractivity contribution in [2.24, 2.45) is 12.5 Å². The van der Waals surface area contributed by atoms with Gasteiger partial charge < -0.3 is 18.9 Å². The summed E-state index contributed by atoms with van der Waals surface area (Å²) < 4.78 is 27.7. The Morgan fingerprint density at radius 1 is 0.694 bits per heavy atom. The van der Waals surface area contributed by atoms with Gasteiger partial charge >= 0.3 is 12.1 Å². The van der Waals surface area contributed by atoms with Gasteiger partial charge in [0.2, 0.25) is 5.91 Å². The van der Waals surface area contributed by atoms with E-state index >= 15 is 0 Å². The van der Waals surface area contributed by atoms with Gasteiger partial charge in [-0.15, -0.1) is 0 Å². The SMILES string of the molecule is Cc1nc(NC(=O)N2CCC(C)(CCOCCn3cc(-c4cc(Oc5ccc(NC(=O)N6CCC(C)(OCc7ccccc7)C6=O)nc5C)ccn4)cn3)C2=O)ccc1Oc1ccnc(-c2cnn(C)c2)c1. The average Bonchev–Trinajstić information content (AvgIpc) is 4.17. The fraction of sp³-hybridized carbons (Fsp3) is 0.308. The molecule has 20 heteroatoms. The fourth-order valence-corrected chi connectivity index (χ4v) is 8.34. The van der Waals surface area contributed by atoms with Crippen LogP contribution in [0.5, 0.6) is 23.0 Å². The van der Waals surface area contributed by atoms with Crippen LogP contribution in [0.1, 0.15) is 50.1 Å². The first-order valence-electron chi connectivity index (χ1n) is 23.5. The quantitative estimate of drug-likeness (QED) is 0.0819. The molecule has 6 aromatic heterocycles. The summed E-state index contributed by atoms with van der Waals surface area (Å²) in [5.74, 6) is 1.98. The Balaban J connectivity index is 0.703. The van der Waals surface area contributed by atoms with Crippen LogP contribution in [0.15, 0.2) is 116 Å². The summed E-state index contributed by atoms with van der Waals surface area (Å²) >= 11 is 0. The highest BCUT2D eigenvalue weighted by Gasteiger charge is 2.47. The number of imide groups is 2. The summed E-state index contributed by atoms with van der Waals surface area (Å²) in [5, 5.41) is 14.2. The maximum atomic E-state index is 13.5. The van der Waals surface area contributed by atoms with Gasteiger partial charge in [0, 0.05) is 81.2 Å². The number of hydrogen-bond acceptors (Lipinski definition) is 14. The number of pyridine rings is 4. The van der Waals surface area contributed by atoms with E-state index in [0.717, 1.165) is 21.6 Å². The Morgan fingerprint density at radius 2 is 1.28 bits per heavy atom. The van der Waals surface area contributed by atoms with Crippen LogP contribution >= 0.6 is 0 Å². The summed E-state index contributed by atoms with van der Waals surface area (Å²) in [6, 6.07) is 22.2. The number of anilines is 2. The minimum atomic E-state index is -1.11. The van der Waals surface area contributed by atoms with Crippen molar-refractivity contribution in [1.82, 2.24) is 49.3 Å². The van der Waals surface area contributed by atoms with Gasteiger partial charge in [-0.2, -0.15) is 10.2 Å². The predicted octanol–water partition coefficient (Wildman–Crippen LogP) is 8.35. The summed E-state index contributed by atoms with van der Waals surface area (Å²) in [6.45, 7) is 8.99. The molecule has 0 aliphatic carbocycles. The molecule has 2 fully saturated rings. The second kappa shape index (κ2) is 20.9. The molecule has 2 atom stereocenters. The molecule has 2 saturated heterocycles. The minimum absolute atomic E-state index is 0.222. The first-order valence-corrected chi connectivity index (χ1v) is 23.5. The highest BCUT2D eigenvalue weighted by molar-refractivity contribution is 6.05. The molecular formula is C52H54N12O8. The van der Waals surface area contributed by atoms with Gasteiger partial charge in [-0.25, -0.2) is 19.6 Å². The van der Waals surface area contributed by atoms with Crippen LogP contribution in [0, 0.1) is 19.3 Å². The van der Waals surface area contributed by atoms with E-state index in [-0.39, 0.29) is 31.4 Å². The number of hydrogen-bond donors (Lipinski definition) is 2. The third-order valence-electron chi connectivity index (χ3n) is 12.7. The summed E-state index contributed by atoms with van der Waals surface area (Å²) in [6.07, 6.45) is 11.8. The lowest BCUT2D eigenvalue weighted by Crippen LogP contribution is -2.44. The zero-order chi connectivity index (χ0) is 50.4. The van der Waals surface area contributed by atoms with Crippen molar-refractivity contribution in [3.05, 3.63) is 133 Å². The Kier molecular flexibility index (Phi) is 14.1. The van der Waals surface area contributed by atoms with Crippen molar-refractivity contribution in [1.29, 1.82) is 0 Å². The molecule has 72 heavy (non-hydrogen) atoms. The maximum Gasteiger partial charge on any atom is 0.329 e. The maximum absolute atomic E-state index is 13.5. The number of nitrogens with zero attached hydrogens (tertiary/aromatic N) is 10. The van der Waals surface area contributed by atoms with Gasteiger partial charge in [0.15, 0.2) is 0 Å². The number of nitrogens with one attached hydrogen (secondary N) is 2. The van der Waals surface area contributed by atoms with E-state index in [2.05, 4.69) is 40.8 Å². The molecule has 0 spiro atoms. The van der Waals surface area contributed by atoms with Crippen LogP contribution < -0.4 is 20.1 Å². The third kappa shape index (κ3) is 11.1. The van der Waals surface area contributed by atoms with E-state index in [1.54, 1.807) is 97.4 Å². The molecule has 1 aromatic carbocycles. The number of benzene rings is 1. The number of amides is 6. The Labute approximate surface area is 415 Å². The molecule has 2 aliphatic heterocycles. The lowest BCUT2D eigenvalue weighted by molar-refractivity contribution is -0.146. The number of urea groups is 2. The van der Waals surface area contributed by atoms with Gasteiger partial charge in [-0.3, -0.25) is 49.4 Å². The Morgan fingerprint density at radius 3 is 1.88 bits per heavy atom. The molecule has 9 rings (SSSR count). The standard InChI is InChI=1S/C52H54N12O8/c1-34-43(71-39-15-20-53-41(27-39)37-29-55-61(5)31-37)11-13-45(57-34)59-49(67)63-22-17-51(3,47(63)65)19-25-69-26-24-62-32-38(30-56-62)42-28-40(16-21-54-42)72-44-12-14-46(58-35(44)2)60-50(68)64-23-18-52(4,48(64)66)70-33-36-9-7-6-8-10-36/h6-16,20-21,27-32H,17-19,22-26,33H2,1-5H3,(H,57,59,67)(H,58,60,68). The van der Waals surface area contributed by atoms with E-state index in [9.17, 15) is 19.2 Å². The van der Waals surface area contributed by atoms with Crippen molar-refractivity contribution in [2.45, 2.75) is 65.7 Å². The Bertz CT molecular complexity index is 3130. The minimum Gasteiger partial charge on any atom is -0.455 e. The van der Waals surface area contributed by atoms with Gasteiger partial charge in [0.05, 0.1) is 60.3 Å². The number of likely N-dealkylation sites (tertiary alicyclic amines) is 2. The zero-order valence-electron chi connectivity index (χ0n) is 40.6. The monoisotopic (exact) mass is 974 g/mol. The normalized spacial score (nSPS) is 17.6. The third-order valence-corrected chi connectivity index (χ3v) is 12.7. The molecule has 20 nitrogen and oxygen atoms in total. The molecule has 0 bridgehead atoms. The first-order chi connectivity index (χ1) is 34.7. The number of aromatic nitrogens is 8. The molecule has 2 aliphatic rings. The Hall–Kier alpha value is -8.36. The lowest BCUT2D eigenvalue weighted by atomic mass is 9.85. The van der Waals surface area contributed by atoms with E-state index in [1.165, 1.54) is 4.90 Å². The molecule has 0 radical (unpaired) electrons. The largest absolute Gasteiger partial charge is 0.455 e. The van der Waals surface area contributed by atoms with Crippen molar-refractivity contribution < 1.29 is 38.1 Å². The van der Waals surface area contributed by atoms with Crippen LogP contribution in [0.2, 0.25) is 0 Å². The van der Waals surface area contributed by atoms with Crippen molar-refractivity contribution in [3.8, 4) is 45.5 Å². The number of carbonyl (C=O) groups is 4. The number of aryl methyl sites for hydroxylation is 3. The van der Waals surface area contributed by atoms with Crippen LogP contribution in [-0.4, -0.2) is 105 Å². The molecule has 0 saturated carbocycles. The predicted molar refractivity (Wildman–Crippen MR) is 264 cm³/mol. The van der Waals surface area contributed by atoms with Crippen LogP contribution in [0.3, 0.4) is 0 Å². The second-order valence-electron chi connectivity index (χ2n) is 18.1. The summed E-state index contributed by atoms with van der Waals surface area (Å²) in [5.41, 5.74) is 3.12. The van der Waals surface area contributed by atoms with Crippen molar-refractivity contribution in [2.75, 3.05) is 36.9 Å². The van der Waals surface area contributed by atoms with E-state index in [0.29, 0.717) is 90.6 Å². The molecular weight excluding hydrogens is 921 g/mol. The molecule has 2 unspecified atom stereocenters. The van der Waals surface area contributed by atoms with Crippen LogP contribution in [0.25, 0.3) is 22.5 Å². The highest BCUT2D eigenvalue weighted by Crippen LogP contribution is 2.36. The molecule has 6 amide bonds. The fourth-order valence-electron chi connectivity index (χ4n) is 8.34. The molecule has 7 aromatic rings. The number of ether oxygens (including phenoxy) is 4. The zero-order valence-corrected chi connectivity index (χ0v) is 40.6. The number of rotatable bonds is 17. The van der Waals surface area contributed by atoms with E-state index in [4.69, 9.17) is 18.9 Å². The molecule has 2 N–H and O–H groups in total. The number of carbonyl (C=O) groups excluding carboxylic acids is 4. The van der Waals surface area contributed by atoms with Crippen molar-refractivity contribution in [3.63, 3.8) is 0 Å². The first kappa shape index (κ1) is 48.7. The van der Waals surface area contributed by atoms with Crippen LogP contribution in [0.4, 0.5) is 21.2 Å². The summed E-state index contributed by atoms with van der Waals surface area (Å²) in [4.78, 5) is 73.6. The van der Waals surface area contributed by atoms with E-state index < -0.39 is 29.0 Å². The topological polar surface area (TPSA) is 223 Å². The molecule has 370 valence electrons. The smallest absolute Gasteiger partial charge is 0.329 e. The second-order valence-corrected chi connectivity index (χ2v) is 18.1.